The lowest BCUT2D eigenvalue weighted by Crippen LogP contribution is -2.59. The fourth-order valence-corrected chi connectivity index (χ4v) is 1.93. The summed E-state index contributed by atoms with van der Waals surface area (Å²) in [5.74, 6) is -0.221. The Kier molecular flexibility index (Phi) is 4.27. The molecule has 0 radical (unpaired) electrons. The number of nitrogens with two attached hydrogens (primary N) is 1. The molecule has 1 saturated heterocycles. The molecule has 0 saturated carbocycles. The summed E-state index contributed by atoms with van der Waals surface area (Å²) in [6.07, 6.45) is -4.22. The molecular formula is C11H20F3N3O. The molecule has 0 bridgehead atoms. The van der Waals surface area contributed by atoms with Gasteiger partial charge in [0.15, 0.2) is 0 Å². The Bertz CT molecular complexity index is 304. The summed E-state index contributed by atoms with van der Waals surface area (Å²) in [4.78, 5) is 14.7. The van der Waals surface area contributed by atoms with Crippen LogP contribution >= 0.6 is 0 Å². The van der Waals surface area contributed by atoms with E-state index in [1.165, 1.54) is 9.80 Å². The van der Waals surface area contributed by atoms with E-state index in [4.69, 9.17) is 5.73 Å². The average molecular weight is 267 g/mol. The highest BCUT2D eigenvalue weighted by molar-refractivity contribution is 5.85. The number of carbonyl (C=O) groups excluding carboxylic acids is 1. The molecule has 2 N–H and O–H groups in total. The number of alkyl halides is 3. The van der Waals surface area contributed by atoms with Crippen molar-refractivity contribution in [1.82, 2.24) is 9.80 Å². The first-order chi connectivity index (χ1) is 8.03. The Morgan fingerprint density at radius 2 is 1.61 bits per heavy atom. The first kappa shape index (κ1) is 15.2. The van der Waals surface area contributed by atoms with Crippen molar-refractivity contribution in [1.29, 1.82) is 0 Å². The van der Waals surface area contributed by atoms with Crippen molar-refractivity contribution in [2.45, 2.75) is 38.5 Å². The zero-order chi connectivity index (χ0) is 14.1. The number of piperazine rings is 1. The average Bonchev–Trinajstić information content (AvgIpc) is 2.25. The van der Waals surface area contributed by atoms with Crippen molar-refractivity contribution >= 4 is 5.91 Å². The summed E-state index contributed by atoms with van der Waals surface area (Å²) in [5.41, 5.74) is 4.71. The van der Waals surface area contributed by atoms with E-state index >= 15 is 0 Å². The molecule has 106 valence electrons. The van der Waals surface area contributed by atoms with E-state index in [9.17, 15) is 18.0 Å². The van der Waals surface area contributed by atoms with Gasteiger partial charge in [-0.2, -0.15) is 13.2 Å². The molecule has 1 aliphatic heterocycles. The molecule has 1 aliphatic rings. The molecule has 1 heterocycles. The summed E-state index contributed by atoms with van der Waals surface area (Å²) in [5, 5.41) is 0. The molecule has 18 heavy (non-hydrogen) atoms. The van der Waals surface area contributed by atoms with Crippen molar-refractivity contribution in [2.24, 2.45) is 5.73 Å². The number of hydrogen-bond acceptors (Lipinski definition) is 3. The molecule has 1 amide bonds. The fraction of sp³-hybridized carbons (Fsp3) is 0.909. The zero-order valence-corrected chi connectivity index (χ0v) is 10.9. The molecule has 0 aliphatic carbocycles. The number of carbonyl (C=O) groups is 1. The molecule has 0 spiro atoms. The maximum Gasteiger partial charge on any atom is 0.403 e. The standard InChI is InChI=1S/C11H20F3N3O/c1-8(11(12,13)14)16-4-6-17(7-5-16)9(18)10(2,3)15/h8H,4-7,15H2,1-3H3. The predicted octanol–water partition coefficient (Wildman–Crippen LogP) is 0.819. The first-order valence-electron chi connectivity index (χ1n) is 5.92. The molecule has 0 aromatic heterocycles. The Labute approximate surface area is 105 Å². The molecule has 1 atom stereocenters. The van der Waals surface area contributed by atoms with Crippen LogP contribution in [0.15, 0.2) is 0 Å². The van der Waals surface area contributed by atoms with Gasteiger partial charge < -0.3 is 10.6 Å². The van der Waals surface area contributed by atoms with Crippen LogP contribution in [0.3, 0.4) is 0 Å². The largest absolute Gasteiger partial charge is 0.403 e. The van der Waals surface area contributed by atoms with Crippen molar-refractivity contribution < 1.29 is 18.0 Å². The van der Waals surface area contributed by atoms with Crippen LogP contribution in [0.4, 0.5) is 13.2 Å². The lowest BCUT2D eigenvalue weighted by molar-refractivity contribution is -0.183. The van der Waals surface area contributed by atoms with Crippen molar-refractivity contribution in [3.05, 3.63) is 0 Å². The van der Waals surface area contributed by atoms with E-state index in [-0.39, 0.29) is 19.0 Å². The Morgan fingerprint density at radius 1 is 1.17 bits per heavy atom. The van der Waals surface area contributed by atoms with Crippen LogP contribution in [0.1, 0.15) is 20.8 Å². The summed E-state index contributed by atoms with van der Waals surface area (Å²) < 4.78 is 37.6. The molecule has 7 heteroatoms. The van der Waals surface area contributed by atoms with Gasteiger partial charge in [-0.3, -0.25) is 9.69 Å². The third-order valence-electron chi connectivity index (χ3n) is 3.17. The lowest BCUT2D eigenvalue weighted by atomic mass is 10.0. The quantitative estimate of drug-likeness (QED) is 0.806. The maximum absolute atomic E-state index is 12.5. The van der Waals surface area contributed by atoms with Gasteiger partial charge in [0.1, 0.15) is 6.04 Å². The molecular weight excluding hydrogens is 247 g/mol. The third kappa shape index (κ3) is 3.58. The van der Waals surface area contributed by atoms with Crippen molar-refractivity contribution in [2.75, 3.05) is 26.2 Å². The monoisotopic (exact) mass is 267 g/mol. The van der Waals surface area contributed by atoms with Crippen LogP contribution in [-0.4, -0.2) is 59.6 Å². The Balaban J connectivity index is 2.54. The second-order valence-corrected chi connectivity index (χ2v) is 5.27. The number of amides is 1. The minimum Gasteiger partial charge on any atom is -0.339 e. The van der Waals surface area contributed by atoms with Gasteiger partial charge >= 0.3 is 6.18 Å². The molecule has 0 aromatic carbocycles. The van der Waals surface area contributed by atoms with E-state index in [0.29, 0.717) is 13.1 Å². The van der Waals surface area contributed by atoms with Gasteiger partial charge in [-0.15, -0.1) is 0 Å². The minimum atomic E-state index is -4.22. The van der Waals surface area contributed by atoms with Crippen LogP contribution in [0, 0.1) is 0 Å². The number of rotatable bonds is 2. The Morgan fingerprint density at radius 3 is 1.94 bits per heavy atom. The van der Waals surface area contributed by atoms with E-state index in [1.54, 1.807) is 13.8 Å². The molecule has 1 rings (SSSR count). The normalized spacial score (nSPS) is 20.9. The van der Waals surface area contributed by atoms with Gasteiger partial charge in [-0.05, 0) is 20.8 Å². The van der Waals surface area contributed by atoms with Crippen molar-refractivity contribution in [3.63, 3.8) is 0 Å². The second-order valence-electron chi connectivity index (χ2n) is 5.27. The molecule has 1 unspecified atom stereocenters. The third-order valence-corrected chi connectivity index (χ3v) is 3.17. The highest BCUT2D eigenvalue weighted by Gasteiger charge is 2.41. The zero-order valence-electron chi connectivity index (χ0n) is 10.9. The fourth-order valence-electron chi connectivity index (χ4n) is 1.93. The highest BCUT2D eigenvalue weighted by Crippen LogP contribution is 2.25. The first-order valence-corrected chi connectivity index (χ1v) is 5.92. The summed E-state index contributed by atoms with van der Waals surface area (Å²) in [6, 6.07) is -1.47. The molecule has 0 aromatic rings. The topological polar surface area (TPSA) is 49.6 Å². The summed E-state index contributed by atoms with van der Waals surface area (Å²) >= 11 is 0. The minimum absolute atomic E-state index is 0.221. The maximum atomic E-state index is 12.5. The number of nitrogens with zero attached hydrogens (tertiary/aromatic N) is 2. The van der Waals surface area contributed by atoms with Crippen LogP contribution < -0.4 is 5.73 Å². The van der Waals surface area contributed by atoms with Gasteiger partial charge in [0, 0.05) is 26.2 Å². The summed E-state index contributed by atoms with van der Waals surface area (Å²) in [6.45, 7) is 5.37. The lowest BCUT2D eigenvalue weighted by Gasteiger charge is -2.40. The van der Waals surface area contributed by atoms with Gasteiger partial charge in [-0.25, -0.2) is 0 Å². The van der Waals surface area contributed by atoms with E-state index in [0.717, 1.165) is 6.92 Å². The summed E-state index contributed by atoms with van der Waals surface area (Å²) in [7, 11) is 0. The van der Waals surface area contributed by atoms with Crippen molar-refractivity contribution in [3.8, 4) is 0 Å². The number of halogens is 3. The molecule has 4 nitrogen and oxygen atoms in total. The van der Waals surface area contributed by atoms with E-state index in [2.05, 4.69) is 0 Å². The van der Waals surface area contributed by atoms with E-state index in [1.807, 2.05) is 0 Å². The smallest absolute Gasteiger partial charge is 0.339 e. The molecule has 1 fully saturated rings. The van der Waals surface area contributed by atoms with Crippen LogP contribution in [0.5, 0.6) is 0 Å². The van der Waals surface area contributed by atoms with E-state index < -0.39 is 17.8 Å². The van der Waals surface area contributed by atoms with Crippen LogP contribution in [-0.2, 0) is 4.79 Å². The van der Waals surface area contributed by atoms with Gasteiger partial charge in [-0.1, -0.05) is 0 Å². The van der Waals surface area contributed by atoms with Gasteiger partial charge in [0.05, 0.1) is 5.54 Å². The predicted molar refractivity (Wildman–Crippen MR) is 61.9 cm³/mol. The van der Waals surface area contributed by atoms with Gasteiger partial charge in [0.25, 0.3) is 0 Å². The SMILES string of the molecule is CC(N1CCN(C(=O)C(C)(C)N)CC1)C(F)(F)F. The van der Waals surface area contributed by atoms with Gasteiger partial charge in [0.2, 0.25) is 5.91 Å². The highest BCUT2D eigenvalue weighted by atomic mass is 19.4. The Hall–Kier alpha value is -0.820. The number of hydrogen-bond donors (Lipinski definition) is 1. The second kappa shape index (κ2) is 5.05. The van der Waals surface area contributed by atoms with Crippen LogP contribution in [0.25, 0.3) is 0 Å². The van der Waals surface area contributed by atoms with Crippen LogP contribution in [0.2, 0.25) is 0 Å².